The first-order chi connectivity index (χ1) is 21.5. The van der Waals surface area contributed by atoms with Crippen LogP contribution in [-0.2, 0) is 14.2 Å². The number of aliphatic hydroxyl groups excluding tert-OH is 6. The number of hydrogen-bond donors (Lipinski definition) is 6. The van der Waals surface area contributed by atoms with Gasteiger partial charge >= 0.3 is 0 Å². The van der Waals surface area contributed by atoms with E-state index < -0.39 is 73.4 Å². The van der Waals surface area contributed by atoms with Gasteiger partial charge in [0.25, 0.3) is 0 Å². The molecule has 0 aliphatic carbocycles. The van der Waals surface area contributed by atoms with Crippen LogP contribution in [0.4, 0.5) is 0 Å². The highest BCUT2D eigenvalue weighted by molar-refractivity contribution is 5.86. The quantitative estimate of drug-likeness (QED) is 0.175. The summed E-state index contributed by atoms with van der Waals surface area (Å²) in [7, 11) is 4.36. The lowest BCUT2D eigenvalue weighted by molar-refractivity contribution is -0.318. The summed E-state index contributed by atoms with van der Waals surface area (Å²) >= 11 is 0. The van der Waals surface area contributed by atoms with Crippen LogP contribution in [0.2, 0.25) is 0 Å². The number of rotatable bonds is 9. The van der Waals surface area contributed by atoms with Gasteiger partial charge in [0, 0.05) is 23.8 Å². The van der Waals surface area contributed by atoms with E-state index in [-0.39, 0.29) is 28.2 Å². The fraction of sp³-hybridized carbons (Fsp3) is 0.500. The van der Waals surface area contributed by atoms with Crippen LogP contribution < -0.4 is 24.4 Å². The Bertz CT molecular complexity index is 1540. The molecular formula is C30H36O15. The molecule has 15 nitrogen and oxygen atoms in total. The van der Waals surface area contributed by atoms with Crippen molar-refractivity contribution in [1.82, 2.24) is 0 Å². The van der Waals surface area contributed by atoms with Crippen molar-refractivity contribution < 1.29 is 68.2 Å². The zero-order valence-corrected chi connectivity index (χ0v) is 24.8. The van der Waals surface area contributed by atoms with E-state index in [2.05, 4.69) is 0 Å². The molecule has 0 spiro atoms. The lowest BCUT2D eigenvalue weighted by Gasteiger charge is -2.42. The Kier molecular flexibility index (Phi) is 9.83. The Labute approximate surface area is 256 Å². The number of ether oxygens (including phenoxy) is 7. The van der Waals surface area contributed by atoms with E-state index in [1.54, 1.807) is 18.2 Å². The van der Waals surface area contributed by atoms with Crippen LogP contribution in [0.25, 0.3) is 22.3 Å². The maximum atomic E-state index is 13.4. The van der Waals surface area contributed by atoms with Gasteiger partial charge in [-0.25, -0.2) is 0 Å². The average Bonchev–Trinajstić information content (AvgIpc) is 3.04. The fourth-order valence-electron chi connectivity index (χ4n) is 5.19. The Morgan fingerprint density at radius 3 is 2.09 bits per heavy atom. The van der Waals surface area contributed by atoms with Gasteiger partial charge in [-0.2, -0.15) is 0 Å². The van der Waals surface area contributed by atoms with E-state index in [1.165, 1.54) is 46.5 Å². The van der Waals surface area contributed by atoms with Gasteiger partial charge < -0.3 is 68.2 Å². The van der Waals surface area contributed by atoms with Crippen LogP contribution in [0.5, 0.6) is 23.0 Å². The summed E-state index contributed by atoms with van der Waals surface area (Å²) in [5.41, 5.74) is 0.0832. The lowest BCUT2D eigenvalue weighted by atomic mass is 9.98. The topological polar surface area (TPSA) is 216 Å². The number of fused-ring (bicyclic) bond motifs is 1. The smallest absolute Gasteiger partial charge is 0.229 e. The van der Waals surface area contributed by atoms with Gasteiger partial charge in [0.1, 0.15) is 71.0 Å². The first kappa shape index (κ1) is 32.9. The van der Waals surface area contributed by atoms with Crippen molar-refractivity contribution in [2.75, 3.05) is 27.9 Å². The number of methoxy groups -OCH3 is 3. The summed E-state index contributed by atoms with van der Waals surface area (Å²) in [6, 6.07) is 9.08. The molecule has 5 rings (SSSR count). The molecule has 3 aromatic rings. The number of benzene rings is 2. The van der Waals surface area contributed by atoms with Crippen molar-refractivity contribution in [3.8, 4) is 34.3 Å². The lowest BCUT2D eigenvalue weighted by Crippen LogP contribution is -2.61. The Hall–Kier alpha value is -3.51. The van der Waals surface area contributed by atoms with Crippen LogP contribution in [-0.4, -0.2) is 120 Å². The van der Waals surface area contributed by atoms with E-state index in [9.17, 15) is 35.4 Å². The van der Waals surface area contributed by atoms with Gasteiger partial charge in [0.05, 0.1) is 34.0 Å². The molecular weight excluding hydrogens is 600 g/mol. The summed E-state index contributed by atoms with van der Waals surface area (Å²) in [6.45, 7) is 0.982. The first-order valence-electron chi connectivity index (χ1n) is 14.0. The van der Waals surface area contributed by atoms with Gasteiger partial charge in [-0.15, -0.1) is 0 Å². The summed E-state index contributed by atoms with van der Waals surface area (Å²) in [4.78, 5) is 13.4. The molecule has 2 aromatic carbocycles. The highest BCUT2D eigenvalue weighted by Gasteiger charge is 2.47. The molecule has 3 heterocycles. The van der Waals surface area contributed by atoms with Crippen molar-refractivity contribution in [3.63, 3.8) is 0 Å². The SMILES string of the molecule is COc1cc(O[C@@H]2O[C@H](CO[C@@H]3O[C@@H](C)[C@H](O)[C@@H](O)[C@H]3O)[C@H](O)[C@H](O)[C@H]2O)c2c(=O)cc(-c3ccc(OC)c(OC)c3)oc2c1. The molecule has 45 heavy (non-hydrogen) atoms. The van der Waals surface area contributed by atoms with E-state index in [1.807, 2.05) is 0 Å². The Balaban J connectivity index is 1.41. The van der Waals surface area contributed by atoms with Crippen LogP contribution in [0.3, 0.4) is 0 Å². The molecule has 2 aliphatic heterocycles. The van der Waals surface area contributed by atoms with Gasteiger partial charge in [-0.1, -0.05) is 0 Å². The largest absolute Gasteiger partial charge is 0.496 e. The third kappa shape index (κ3) is 6.44. The molecule has 2 fully saturated rings. The van der Waals surface area contributed by atoms with E-state index in [0.717, 1.165) is 0 Å². The molecule has 15 heteroatoms. The van der Waals surface area contributed by atoms with Crippen LogP contribution in [0, 0.1) is 0 Å². The molecule has 0 radical (unpaired) electrons. The normalized spacial score (nSPS) is 31.9. The molecule has 0 saturated carbocycles. The predicted molar refractivity (Wildman–Crippen MR) is 153 cm³/mol. The monoisotopic (exact) mass is 636 g/mol. The summed E-state index contributed by atoms with van der Waals surface area (Å²) in [5.74, 6) is 1.23. The molecule has 10 atom stereocenters. The van der Waals surface area contributed by atoms with Crippen molar-refractivity contribution in [1.29, 1.82) is 0 Å². The summed E-state index contributed by atoms with van der Waals surface area (Å²) in [5, 5.41) is 62.0. The maximum Gasteiger partial charge on any atom is 0.229 e. The van der Waals surface area contributed by atoms with Crippen LogP contribution in [0.1, 0.15) is 6.92 Å². The zero-order chi connectivity index (χ0) is 32.6. The zero-order valence-electron chi connectivity index (χ0n) is 24.8. The molecule has 0 bridgehead atoms. The van der Waals surface area contributed by atoms with E-state index in [0.29, 0.717) is 17.1 Å². The molecule has 0 unspecified atom stereocenters. The van der Waals surface area contributed by atoms with Gasteiger partial charge in [-0.05, 0) is 25.1 Å². The van der Waals surface area contributed by atoms with Crippen molar-refractivity contribution in [2.45, 2.75) is 68.3 Å². The summed E-state index contributed by atoms with van der Waals surface area (Å²) in [6.07, 6.45) is -15.0. The van der Waals surface area contributed by atoms with E-state index in [4.69, 9.17) is 37.6 Å². The summed E-state index contributed by atoms with van der Waals surface area (Å²) < 4.78 is 44.6. The van der Waals surface area contributed by atoms with Crippen molar-refractivity contribution >= 4 is 11.0 Å². The Morgan fingerprint density at radius 2 is 1.40 bits per heavy atom. The second kappa shape index (κ2) is 13.5. The van der Waals surface area contributed by atoms with Crippen LogP contribution >= 0.6 is 0 Å². The Morgan fingerprint density at radius 1 is 0.711 bits per heavy atom. The van der Waals surface area contributed by atoms with Crippen LogP contribution in [0.15, 0.2) is 45.6 Å². The molecule has 2 saturated heterocycles. The maximum absolute atomic E-state index is 13.4. The number of aliphatic hydroxyl groups is 6. The van der Waals surface area contributed by atoms with Gasteiger partial charge in [0.2, 0.25) is 6.29 Å². The highest BCUT2D eigenvalue weighted by atomic mass is 16.7. The average molecular weight is 637 g/mol. The minimum Gasteiger partial charge on any atom is -0.496 e. The highest BCUT2D eigenvalue weighted by Crippen LogP contribution is 2.36. The van der Waals surface area contributed by atoms with Gasteiger partial charge in [0.15, 0.2) is 23.2 Å². The number of hydrogen-bond acceptors (Lipinski definition) is 15. The van der Waals surface area contributed by atoms with Crippen molar-refractivity contribution in [3.05, 3.63) is 46.6 Å². The molecule has 6 N–H and O–H groups in total. The second-order valence-electron chi connectivity index (χ2n) is 10.7. The second-order valence-corrected chi connectivity index (χ2v) is 10.7. The van der Waals surface area contributed by atoms with Gasteiger partial charge in [-0.3, -0.25) is 4.79 Å². The molecule has 246 valence electrons. The third-order valence-corrected chi connectivity index (χ3v) is 7.82. The standard InChI is InChI=1S/C30H36O15/c1-12-23(32)25(34)27(36)29(42-12)41-11-21-24(33)26(35)28(37)30(45-21)44-20-9-14(38-2)8-19-22(20)15(31)10-17(43-19)13-5-6-16(39-3)18(7-13)40-4/h5-10,12,21,23-30,32-37H,11H2,1-4H3/t12-,21+,23-,24-,25+,26-,27+,28+,29+,30+/m0/s1. The molecule has 0 amide bonds. The molecule has 1 aromatic heterocycles. The minimum atomic E-state index is -1.77. The first-order valence-corrected chi connectivity index (χ1v) is 14.0. The fourth-order valence-corrected chi connectivity index (χ4v) is 5.19. The third-order valence-electron chi connectivity index (χ3n) is 7.82. The molecule has 2 aliphatic rings. The van der Waals surface area contributed by atoms with Crippen molar-refractivity contribution in [2.24, 2.45) is 0 Å². The van der Waals surface area contributed by atoms with E-state index >= 15 is 0 Å². The minimum absolute atomic E-state index is 0.0236. The predicted octanol–water partition coefficient (Wildman–Crippen LogP) is -0.484.